The van der Waals surface area contributed by atoms with Gasteiger partial charge in [-0.15, -0.1) is 0 Å². The highest BCUT2D eigenvalue weighted by Gasteiger charge is 2.18. The average Bonchev–Trinajstić information content (AvgIpc) is 2.71. The number of halogens is 1. The molecule has 1 aliphatic rings. The van der Waals surface area contributed by atoms with Crippen LogP contribution in [0.5, 0.6) is 0 Å². The Morgan fingerprint density at radius 1 is 1.14 bits per heavy atom. The number of nitrogens with zero attached hydrogens (tertiary/aromatic N) is 4. The lowest BCUT2D eigenvalue weighted by Gasteiger charge is -2.34. The van der Waals surface area contributed by atoms with Crippen LogP contribution in [0.15, 0.2) is 53.6 Å². The van der Waals surface area contributed by atoms with E-state index in [0.29, 0.717) is 5.56 Å². The van der Waals surface area contributed by atoms with Crippen LogP contribution >= 0.6 is 11.6 Å². The number of hydrazone groups is 1. The van der Waals surface area contributed by atoms with Crippen LogP contribution < -0.4 is 5.43 Å². The summed E-state index contributed by atoms with van der Waals surface area (Å²) in [6.07, 6.45) is 1.40. The molecule has 1 aliphatic heterocycles. The molecule has 0 atom stereocenters. The van der Waals surface area contributed by atoms with Crippen molar-refractivity contribution in [3.8, 4) is 0 Å². The second-order valence-electron chi connectivity index (χ2n) is 6.82. The Bertz CT molecular complexity index is 880. The summed E-state index contributed by atoms with van der Waals surface area (Å²) in [5.41, 5.74) is 4.23. The molecule has 0 unspecified atom stereocenters. The third-order valence-electron chi connectivity index (χ3n) is 4.64. The van der Waals surface area contributed by atoms with Crippen molar-refractivity contribution < 1.29 is 9.72 Å². The molecule has 0 radical (unpaired) electrons. The van der Waals surface area contributed by atoms with E-state index in [1.807, 2.05) is 24.3 Å². The fourth-order valence-electron chi connectivity index (χ4n) is 3.09. The summed E-state index contributed by atoms with van der Waals surface area (Å²) in [6.45, 7) is 4.50. The molecule has 1 saturated heterocycles. The standard InChI is InChI=1S/C20H22ClN5O3/c21-18-6-4-16(5-7-18)14-24-8-10-25(11-9-24)15-20(27)23-22-13-17-2-1-3-19(12-17)26(28)29/h1-7,12-13H,8-11,14-15H2,(H,23,27). The second-order valence-corrected chi connectivity index (χ2v) is 7.26. The Kier molecular flexibility index (Phi) is 7.29. The lowest BCUT2D eigenvalue weighted by molar-refractivity contribution is -0.384. The molecule has 1 amide bonds. The number of nitrogens with one attached hydrogen (secondary N) is 1. The predicted molar refractivity (Wildman–Crippen MR) is 112 cm³/mol. The lowest BCUT2D eigenvalue weighted by atomic mass is 10.2. The van der Waals surface area contributed by atoms with Crippen molar-refractivity contribution >= 4 is 29.4 Å². The minimum Gasteiger partial charge on any atom is -0.297 e. The van der Waals surface area contributed by atoms with E-state index >= 15 is 0 Å². The quantitative estimate of drug-likeness (QED) is 0.426. The Labute approximate surface area is 173 Å². The molecule has 0 bridgehead atoms. The predicted octanol–water partition coefficient (Wildman–Crippen LogP) is 2.52. The molecule has 1 heterocycles. The van der Waals surface area contributed by atoms with Crippen molar-refractivity contribution in [2.45, 2.75) is 6.54 Å². The molecule has 1 N–H and O–H groups in total. The Morgan fingerprint density at radius 3 is 2.52 bits per heavy atom. The molecule has 0 aromatic heterocycles. The lowest BCUT2D eigenvalue weighted by Crippen LogP contribution is -2.48. The van der Waals surface area contributed by atoms with Gasteiger partial charge in [-0.3, -0.25) is 24.7 Å². The molecule has 1 fully saturated rings. The number of hydrogen-bond acceptors (Lipinski definition) is 6. The molecule has 0 saturated carbocycles. The SMILES string of the molecule is O=C(CN1CCN(Cc2ccc(Cl)cc2)CC1)NN=Cc1cccc([N+](=O)[O-])c1. The molecular weight excluding hydrogens is 394 g/mol. The average molecular weight is 416 g/mol. The number of benzene rings is 2. The molecule has 3 rings (SSSR count). The minimum atomic E-state index is -0.470. The first-order chi connectivity index (χ1) is 14.0. The maximum Gasteiger partial charge on any atom is 0.270 e. The number of rotatable bonds is 7. The van der Waals surface area contributed by atoms with Crippen molar-refractivity contribution in [1.82, 2.24) is 15.2 Å². The number of non-ortho nitro benzene ring substituents is 1. The minimum absolute atomic E-state index is 0.0169. The summed E-state index contributed by atoms with van der Waals surface area (Å²) in [5.74, 6) is -0.210. The third-order valence-corrected chi connectivity index (χ3v) is 4.89. The van der Waals surface area contributed by atoms with Crippen molar-refractivity contribution in [3.05, 3.63) is 74.8 Å². The third kappa shape index (κ3) is 6.63. The van der Waals surface area contributed by atoms with Gasteiger partial charge in [-0.1, -0.05) is 35.9 Å². The number of nitro groups is 1. The zero-order chi connectivity index (χ0) is 20.6. The van der Waals surface area contributed by atoms with Crippen LogP contribution in [0.25, 0.3) is 0 Å². The van der Waals surface area contributed by atoms with E-state index in [1.165, 1.54) is 23.9 Å². The van der Waals surface area contributed by atoms with Gasteiger partial charge < -0.3 is 0 Å². The van der Waals surface area contributed by atoms with Crippen molar-refractivity contribution in [2.75, 3.05) is 32.7 Å². The van der Waals surface area contributed by atoms with E-state index in [0.717, 1.165) is 37.7 Å². The Morgan fingerprint density at radius 2 is 1.83 bits per heavy atom. The largest absolute Gasteiger partial charge is 0.297 e. The maximum atomic E-state index is 12.1. The zero-order valence-electron chi connectivity index (χ0n) is 15.8. The van der Waals surface area contributed by atoms with Crippen LogP contribution in [0.1, 0.15) is 11.1 Å². The molecule has 0 aliphatic carbocycles. The van der Waals surface area contributed by atoms with Crippen molar-refractivity contribution in [1.29, 1.82) is 0 Å². The number of carbonyl (C=O) groups is 1. The number of piperazine rings is 1. The van der Waals surface area contributed by atoms with Gasteiger partial charge in [0.2, 0.25) is 0 Å². The molecular formula is C20H22ClN5O3. The van der Waals surface area contributed by atoms with E-state index in [1.54, 1.807) is 12.1 Å². The molecule has 8 nitrogen and oxygen atoms in total. The van der Waals surface area contributed by atoms with Gasteiger partial charge in [0.15, 0.2) is 0 Å². The van der Waals surface area contributed by atoms with E-state index in [-0.39, 0.29) is 18.1 Å². The van der Waals surface area contributed by atoms with Crippen molar-refractivity contribution in [3.63, 3.8) is 0 Å². The van der Waals surface area contributed by atoms with Gasteiger partial charge >= 0.3 is 0 Å². The van der Waals surface area contributed by atoms with Crippen LogP contribution in [0.2, 0.25) is 5.02 Å². The highest BCUT2D eigenvalue weighted by molar-refractivity contribution is 6.30. The highest BCUT2D eigenvalue weighted by Crippen LogP contribution is 2.13. The van der Waals surface area contributed by atoms with E-state index in [4.69, 9.17) is 11.6 Å². The normalized spacial score (nSPS) is 15.5. The van der Waals surface area contributed by atoms with Gasteiger partial charge in [0, 0.05) is 55.4 Å². The number of carbonyl (C=O) groups excluding carboxylic acids is 1. The maximum absolute atomic E-state index is 12.1. The summed E-state index contributed by atoms with van der Waals surface area (Å²) in [7, 11) is 0. The number of nitro benzene ring substituents is 1. The molecule has 9 heteroatoms. The summed E-state index contributed by atoms with van der Waals surface area (Å²) in [4.78, 5) is 26.8. The molecule has 0 spiro atoms. The van der Waals surface area contributed by atoms with E-state index in [9.17, 15) is 14.9 Å². The highest BCUT2D eigenvalue weighted by atomic mass is 35.5. The van der Waals surface area contributed by atoms with Crippen LogP contribution in [-0.2, 0) is 11.3 Å². The fourth-order valence-corrected chi connectivity index (χ4v) is 3.22. The summed E-state index contributed by atoms with van der Waals surface area (Å²) >= 11 is 5.92. The van der Waals surface area contributed by atoms with Gasteiger partial charge in [-0.25, -0.2) is 5.43 Å². The second kappa shape index (κ2) is 10.1. The monoisotopic (exact) mass is 415 g/mol. The number of hydrogen-bond donors (Lipinski definition) is 1. The molecule has 29 heavy (non-hydrogen) atoms. The topological polar surface area (TPSA) is 91.1 Å². The van der Waals surface area contributed by atoms with Crippen molar-refractivity contribution in [2.24, 2.45) is 5.10 Å². The number of amides is 1. The summed E-state index contributed by atoms with van der Waals surface area (Å²) in [6, 6.07) is 13.9. The van der Waals surface area contributed by atoms with Gasteiger partial charge in [-0.2, -0.15) is 5.10 Å². The first kappa shape index (κ1) is 20.9. The van der Waals surface area contributed by atoms with Gasteiger partial charge in [-0.05, 0) is 17.7 Å². The molecule has 152 valence electrons. The van der Waals surface area contributed by atoms with Crippen LogP contribution in [0, 0.1) is 10.1 Å². The van der Waals surface area contributed by atoms with Gasteiger partial charge in [0.05, 0.1) is 17.7 Å². The first-order valence-corrected chi connectivity index (χ1v) is 9.63. The fraction of sp³-hybridized carbons (Fsp3) is 0.300. The van der Waals surface area contributed by atoms with Gasteiger partial charge in [0.1, 0.15) is 0 Å². The van der Waals surface area contributed by atoms with Gasteiger partial charge in [0.25, 0.3) is 11.6 Å². The smallest absolute Gasteiger partial charge is 0.270 e. The zero-order valence-corrected chi connectivity index (χ0v) is 16.6. The first-order valence-electron chi connectivity index (χ1n) is 9.25. The molecule has 2 aromatic carbocycles. The Balaban J connectivity index is 1.40. The van der Waals surface area contributed by atoms with Crippen LogP contribution in [-0.4, -0.2) is 59.6 Å². The van der Waals surface area contributed by atoms with E-state index < -0.39 is 4.92 Å². The van der Waals surface area contributed by atoms with Crippen LogP contribution in [0.3, 0.4) is 0 Å². The summed E-state index contributed by atoms with van der Waals surface area (Å²) < 4.78 is 0. The van der Waals surface area contributed by atoms with Crippen LogP contribution in [0.4, 0.5) is 5.69 Å². The Hall–Kier alpha value is -2.81. The molecule has 2 aromatic rings. The summed E-state index contributed by atoms with van der Waals surface area (Å²) in [5, 5.41) is 15.4. The van der Waals surface area contributed by atoms with E-state index in [2.05, 4.69) is 20.3 Å².